The van der Waals surface area contributed by atoms with E-state index in [2.05, 4.69) is 5.32 Å². The molecule has 1 aromatic rings. The van der Waals surface area contributed by atoms with Gasteiger partial charge < -0.3 is 19.9 Å². The topological polar surface area (TPSA) is 102 Å². The highest BCUT2D eigenvalue weighted by Crippen LogP contribution is 2.39. The van der Waals surface area contributed by atoms with Crippen molar-refractivity contribution in [3.05, 3.63) is 28.2 Å². The van der Waals surface area contributed by atoms with Crippen LogP contribution in [0.15, 0.2) is 12.2 Å². The van der Waals surface area contributed by atoms with Crippen molar-refractivity contribution in [1.82, 2.24) is 0 Å². The summed E-state index contributed by atoms with van der Waals surface area (Å²) < 4.78 is 10.9. The van der Waals surface area contributed by atoms with E-state index in [-0.39, 0.29) is 12.7 Å². The molecular weight excluding hydrogens is 346 g/mol. The fourth-order valence-electron chi connectivity index (χ4n) is 2.52. The molecule has 1 atom stereocenters. The van der Waals surface area contributed by atoms with Crippen molar-refractivity contribution < 1.29 is 29.0 Å². The maximum Gasteiger partial charge on any atom is 0.341 e. The molecule has 0 saturated heterocycles. The van der Waals surface area contributed by atoms with Crippen molar-refractivity contribution in [3.63, 3.8) is 0 Å². The maximum atomic E-state index is 12.4. The summed E-state index contributed by atoms with van der Waals surface area (Å²) in [6.45, 7) is 6.40. The van der Waals surface area contributed by atoms with Gasteiger partial charge in [-0.15, -0.1) is 11.3 Å². The van der Waals surface area contributed by atoms with Crippen LogP contribution in [0, 0.1) is 5.92 Å². The molecule has 0 spiro atoms. The summed E-state index contributed by atoms with van der Waals surface area (Å²) in [6.07, 6.45) is 2.21. The fraction of sp³-hybridized carbons (Fsp3) is 0.471. The van der Waals surface area contributed by atoms with Gasteiger partial charge in [0, 0.05) is 23.5 Å². The molecule has 0 unspecified atom stereocenters. The lowest BCUT2D eigenvalue weighted by Gasteiger charge is -2.26. The van der Waals surface area contributed by atoms with Gasteiger partial charge in [-0.05, 0) is 18.4 Å². The summed E-state index contributed by atoms with van der Waals surface area (Å²) in [5, 5.41) is 11.5. The standard InChI is InChI=1S/C17H21NO6S/c1-4-23-17(22)15-10-7-11(9(2)3)24-8-12(10)25-16(15)18-13(19)5-6-14(20)21/h5-6,9,11H,4,7-8H2,1-3H3,(H,18,19)(H,20,21)/b6-5+/t11-/m0/s1. The number of aliphatic carboxylic acids is 1. The van der Waals surface area contributed by atoms with Gasteiger partial charge in [-0.3, -0.25) is 4.79 Å². The number of anilines is 1. The molecule has 7 nitrogen and oxygen atoms in total. The number of ether oxygens (including phenoxy) is 2. The van der Waals surface area contributed by atoms with Crippen LogP contribution in [0.4, 0.5) is 5.00 Å². The summed E-state index contributed by atoms with van der Waals surface area (Å²) in [5.41, 5.74) is 1.18. The molecule has 0 radical (unpaired) electrons. The van der Waals surface area contributed by atoms with Crippen LogP contribution in [0.5, 0.6) is 0 Å². The van der Waals surface area contributed by atoms with Gasteiger partial charge in [0.25, 0.3) is 0 Å². The van der Waals surface area contributed by atoms with Crippen molar-refractivity contribution in [2.24, 2.45) is 5.92 Å². The molecule has 1 aliphatic rings. The number of nitrogens with one attached hydrogen (secondary N) is 1. The van der Waals surface area contributed by atoms with E-state index in [1.165, 1.54) is 11.3 Å². The number of fused-ring (bicyclic) bond motifs is 1. The van der Waals surface area contributed by atoms with Crippen LogP contribution in [0.2, 0.25) is 0 Å². The smallest absolute Gasteiger partial charge is 0.341 e. The number of hydrogen-bond acceptors (Lipinski definition) is 6. The van der Waals surface area contributed by atoms with Gasteiger partial charge in [0.05, 0.1) is 24.9 Å². The second kappa shape index (κ2) is 8.26. The molecule has 2 rings (SSSR count). The summed E-state index contributed by atoms with van der Waals surface area (Å²) in [5.74, 6) is -2.05. The van der Waals surface area contributed by atoms with Gasteiger partial charge >= 0.3 is 11.9 Å². The van der Waals surface area contributed by atoms with E-state index in [1.54, 1.807) is 6.92 Å². The Morgan fingerprint density at radius 3 is 2.72 bits per heavy atom. The molecule has 1 aromatic heterocycles. The molecule has 0 aliphatic carbocycles. The second-order valence-corrected chi connectivity index (χ2v) is 6.99. The van der Waals surface area contributed by atoms with Crippen molar-refractivity contribution in [1.29, 1.82) is 0 Å². The van der Waals surface area contributed by atoms with Crippen LogP contribution >= 0.6 is 11.3 Å². The normalized spacial score (nSPS) is 16.7. The van der Waals surface area contributed by atoms with E-state index >= 15 is 0 Å². The highest BCUT2D eigenvalue weighted by Gasteiger charge is 2.31. The molecule has 8 heteroatoms. The largest absolute Gasteiger partial charge is 0.478 e. The van der Waals surface area contributed by atoms with Gasteiger partial charge in [-0.25, -0.2) is 9.59 Å². The SMILES string of the molecule is CCOC(=O)c1c(NC(=O)/C=C/C(=O)O)sc2c1C[C@@H](C(C)C)OC2. The zero-order valence-corrected chi connectivity index (χ0v) is 15.1. The van der Waals surface area contributed by atoms with Crippen molar-refractivity contribution >= 4 is 34.2 Å². The molecule has 1 amide bonds. The highest BCUT2D eigenvalue weighted by molar-refractivity contribution is 7.17. The number of hydrogen-bond donors (Lipinski definition) is 2. The highest BCUT2D eigenvalue weighted by atomic mass is 32.1. The predicted molar refractivity (Wildman–Crippen MR) is 92.8 cm³/mol. The van der Waals surface area contributed by atoms with Crippen LogP contribution in [0.3, 0.4) is 0 Å². The number of amides is 1. The summed E-state index contributed by atoms with van der Waals surface area (Å²) in [6, 6.07) is 0. The van der Waals surface area contributed by atoms with Gasteiger partial charge in [0.2, 0.25) is 5.91 Å². The Kier molecular flexibility index (Phi) is 6.33. The zero-order valence-electron chi connectivity index (χ0n) is 14.3. The minimum atomic E-state index is -1.22. The van der Waals surface area contributed by atoms with Crippen LogP contribution in [-0.2, 0) is 32.1 Å². The first-order valence-corrected chi connectivity index (χ1v) is 8.80. The number of esters is 1. The zero-order chi connectivity index (χ0) is 18.6. The Labute approximate surface area is 149 Å². The van der Waals surface area contributed by atoms with Crippen LogP contribution < -0.4 is 5.32 Å². The molecule has 0 bridgehead atoms. The Bertz CT molecular complexity index is 706. The number of carboxylic acids is 1. The second-order valence-electron chi connectivity index (χ2n) is 5.89. The third-order valence-corrected chi connectivity index (χ3v) is 4.88. The Hall–Kier alpha value is -2.19. The average Bonchev–Trinajstić information content (AvgIpc) is 2.89. The summed E-state index contributed by atoms with van der Waals surface area (Å²) >= 11 is 1.25. The third kappa shape index (κ3) is 4.67. The maximum absolute atomic E-state index is 12.4. The van der Waals surface area contributed by atoms with Gasteiger partial charge in [-0.1, -0.05) is 13.8 Å². The summed E-state index contributed by atoms with van der Waals surface area (Å²) in [7, 11) is 0. The Morgan fingerprint density at radius 2 is 2.12 bits per heavy atom. The van der Waals surface area contributed by atoms with E-state index in [0.717, 1.165) is 22.6 Å². The molecule has 0 aromatic carbocycles. The first-order valence-electron chi connectivity index (χ1n) is 7.98. The molecule has 136 valence electrons. The van der Waals surface area contributed by atoms with E-state index in [1.807, 2.05) is 13.8 Å². The average molecular weight is 367 g/mol. The first kappa shape index (κ1) is 19.1. The van der Waals surface area contributed by atoms with Crippen molar-refractivity contribution in [2.45, 2.75) is 39.9 Å². The number of rotatable bonds is 6. The molecule has 0 saturated carbocycles. The predicted octanol–water partition coefficient (Wildman–Crippen LogP) is 2.60. The van der Waals surface area contributed by atoms with Crippen LogP contribution in [-0.4, -0.2) is 35.7 Å². The van der Waals surface area contributed by atoms with Crippen LogP contribution in [0.1, 0.15) is 41.6 Å². The van der Waals surface area contributed by atoms with E-state index in [0.29, 0.717) is 29.5 Å². The van der Waals surface area contributed by atoms with Gasteiger partial charge in [0.1, 0.15) is 5.00 Å². The third-order valence-electron chi connectivity index (χ3n) is 3.76. The number of carboxylic acid groups (broad SMARTS) is 1. The lowest BCUT2D eigenvalue weighted by Crippen LogP contribution is -2.27. The monoisotopic (exact) mass is 367 g/mol. The van der Waals surface area contributed by atoms with Gasteiger partial charge in [-0.2, -0.15) is 0 Å². The molecule has 25 heavy (non-hydrogen) atoms. The minimum Gasteiger partial charge on any atom is -0.478 e. The number of thiophene rings is 1. The van der Waals surface area contributed by atoms with Gasteiger partial charge in [0.15, 0.2) is 0 Å². The molecule has 1 aliphatic heterocycles. The lowest BCUT2D eigenvalue weighted by molar-refractivity contribution is -0.131. The molecule has 2 heterocycles. The fourth-order valence-corrected chi connectivity index (χ4v) is 3.67. The minimum absolute atomic E-state index is 0.00858. The van der Waals surface area contributed by atoms with Crippen LogP contribution in [0.25, 0.3) is 0 Å². The van der Waals surface area contributed by atoms with Crippen molar-refractivity contribution in [2.75, 3.05) is 11.9 Å². The van der Waals surface area contributed by atoms with E-state index in [4.69, 9.17) is 14.6 Å². The Morgan fingerprint density at radius 1 is 1.40 bits per heavy atom. The molecule has 0 fully saturated rings. The Balaban J connectivity index is 2.35. The van der Waals surface area contributed by atoms with E-state index in [9.17, 15) is 14.4 Å². The van der Waals surface area contributed by atoms with Crippen molar-refractivity contribution in [3.8, 4) is 0 Å². The van der Waals surface area contributed by atoms with E-state index < -0.39 is 17.8 Å². The quantitative estimate of drug-likeness (QED) is 0.592. The number of carbonyl (C=O) groups excluding carboxylic acids is 2. The summed E-state index contributed by atoms with van der Waals surface area (Å²) in [4.78, 5) is 35.7. The molecule has 2 N–H and O–H groups in total. The molecular formula is C17H21NO6S. The number of carbonyl (C=O) groups is 3. The first-order chi connectivity index (χ1) is 11.8. The lowest BCUT2D eigenvalue weighted by atomic mass is 9.94.